The van der Waals surface area contributed by atoms with Gasteiger partial charge in [-0.25, -0.2) is 0 Å². The maximum Gasteiger partial charge on any atom is 0.416 e. The molecule has 9 heteroatoms. The Bertz CT molecular complexity index is 908. The van der Waals surface area contributed by atoms with Gasteiger partial charge in [0.15, 0.2) is 17.1 Å². The number of halogens is 4. The third-order valence-corrected chi connectivity index (χ3v) is 4.65. The van der Waals surface area contributed by atoms with Crippen molar-refractivity contribution in [3.63, 3.8) is 0 Å². The molecule has 1 aliphatic heterocycles. The Morgan fingerprint density at radius 1 is 1.31 bits per heavy atom. The summed E-state index contributed by atoms with van der Waals surface area (Å²) in [6, 6.07) is 8.24. The lowest BCUT2D eigenvalue weighted by Crippen LogP contribution is -2.39. The number of oxime groups is 1. The predicted molar refractivity (Wildman–Crippen MR) is 101 cm³/mol. The van der Waals surface area contributed by atoms with Gasteiger partial charge in [0.2, 0.25) is 5.91 Å². The van der Waals surface area contributed by atoms with Crippen LogP contribution in [-0.2, 0) is 22.4 Å². The van der Waals surface area contributed by atoms with Crippen molar-refractivity contribution < 1.29 is 27.2 Å². The van der Waals surface area contributed by atoms with Crippen LogP contribution in [0.3, 0.4) is 0 Å². The Balaban J connectivity index is 1.71. The molecular weight excluding hydrogens is 409 g/mol. The molecule has 0 N–H and O–H groups in total. The van der Waals surface area contributed by atoms with Crippen molar-refractivity contribution >= 4 is 23.2 Å². The van der Waals surface area contributed by atoms with Gasteiger partial charge >= 0.3 is 6.18 Å². The number of hydrogen-bond acceptors (Lipinski definition) is 4. The van der Waals surface area contributed by atoms with E-state index in [1.54, 1.807) is 32.0 Å². The van der Waals surface area contributed by atoms with Crippen LogP contribution in [0.1, 0.15) is 37.2 Å². The van der Waals surface area contributed by atoms with Gasteiger partial charge in [-0.1, -0.05) is 31.1 Å². The van der Waals surface area contributed by atoms with E-state index in [1.165, 1.54) is 11.0 Å². The molecule has 5 nitrogen and oxygen atoms in total. The van der Waals surface area contributed by atoms with E-state index in [0.717, 1.165) is 12.1 Å². The summed E-state index contributed by atoms with van der Waals surface area (Å²) >= 11 is 5.78. The molecule has 0 fully saturated rings. The Kier molecular flexibility index (Phi) is 6.21. The van der Waals surface area contributed by atoms with Crippen LogP contribution in [0.25, 0.3) is 0 Å². The molecule has 0 saturated carbocycles. The molecule has 1 amide bonds. The number of hydrogen-bond donors (Lipinski definition) is 0. The lowest BCUT2D eigenvalue weighted by molar-refractivity contribution is -0.137. The number of amides is 1. The molecule has 1 unspecified atom stereocenters. The number of carbonyl (C=O) groups is 1. The van der Waals surface area contributed by atoms with Gasteiger partial charge in [-0.2, -0.15) is 13.2 Å². The fourth-order valence-corrected chi connectivity index (χ4v) is 3.20. The topological polar surface area (TPSA) is 55.0 Å². The number of benzene rings is 1. The molecule has 1 aliphatic rings. The zero-order valence-corrected chi connectivity index (χ0v) is 16.6. The van der Waals surface area contributed by atoms with Crippen LogP contribution in [0.4, 0.5) is 13.2 Å². The minimum atomic E-state index is -4.44. The summed E-state index contributed by atoms with van der Waals surface area (Å²) in [5.74, 6) is -0.0101. The van der Waals surface area contributed by atoms with Crippen LogP contribution in [0.5, 0.6) is 0 Å². The van der Waals surface area contributed by atoms with Gasteiger partial charge in [-0.15, -0.1) is 0 Å². The smallest absolute Gasteiger partial charge is 0.416 e. The molecule has 2 aromatic rings. The van der Waals surface area contributed by atoms with Crippen molar-refractivity contribution in [3.05, 3.63) is 58.5 Å². The molecule has 0 radical (unpaired) electrons. The number of furan rings is 1. The minimum Gasteiger partial charge on any atom is -0.443 e. The lowest BCUT2D eigenvalue weighted by Gasteiger charge is -2.27. The minimum absolute atomic E-state index is 0.0444. The molecule has 2 heterocycles. The van der Waals surface area contributed by atoms with Crippen molar-refractivity contribution in [2.45, 2.75) is 39.1 Å². The summed E-state index contributed by atoms with van der Waals surface area (Å²) in [5, 5.41) is 4.22. The fourth-order valence-electron chi connectivity index (χ4n) is 3.05. The summed E-state index contributed by atoms with van der Waals surface area (Å²) in [6.07, 6.45) is -4.47. The van der Waals surface area contributed by atoms with Crippen LogP contribution >= 0.6 is 11.6 Å². The Morgan fingerprint density at radius 2 is 2.07 bits per heavy atom. The zero-order chi connectivity index (χ0) is 21.2. The van der Waals surface area contributed by atoms with Crippen LogP contribution in [0.2, 0.25) is 5.22 Å². The van der Waals surface area contributed by atoms with E-state index in [9.17, 15) is 18.0 Å². The van der Waals surface area contributed by atoms with Gasteiger partial charge in [0.25, 0.3) is 0 Å². The first-order chi connectivity index (χ1) is 13.6. The normalized spacial score (nSPS) is 16.7. The van der Waals surface area contributed by atoms with Crippen LogP contribution in [0.15, 0.2) is 46.0 Å². The first-order valence-corrected chi connectivity index (χ1v) is 9.44. The molecule has 0 saturated heterocycles. The van der Waals surface area contributed by atoms with Gasteiger partial charge < -0.3 is 14.2 Å². The predicted octanol–water partition coefficient (Wildman–Crippen LogP) is 5.13. The third-order valence-electron chi connectivity index (χ3n) is 4.45. The number of rotatable bonds is 6. The fraction of sp³-hybridized carbons (Fsp3) is 0.400. The monoisotopic (exact) mass is 428 g/mol. The summed E-state index contributed by atoms with van der Waals surface area (Å²) in [6.45, 7) is 3.71. The van der Waals surface area contributed by atoms with E-state index in [2.05, 4.69) is 5.16 Å². The van der Waals surface area contributed by atoms with E-state index in [1.807, 2.05) is 0 Å². The lowest BCUT2D eigenvalue weighted by atomic mass is 10.1. The second-order valence-electron chi connectivity index (χ2n) is 7.14. The first kappa shape index (κ1) is 21.2. The van der Waals surface area contributed by atoms with Gasteiger partial charge in [0, 0.05) is 18.9 Å². The van der Waals surface area contributed by atoms with E-state index >= 15 is 0 Å². The zero-order valence-electron chi connectivity index (χ0n) is 15.9. The Labute approximate surface area is 171 Å². The summed E-state index contributed by atoms with van der Waals surface area (Å²) in [4.78, 5) is 19.6. The highest BCUT2D eigenvalue weighted by atomic mass is 35.5. The molecule has 0 bridgehead atoms. The summed E-state index contributed by atoms with van der Waals surface area (Å²) in [7, 11) is 0. The molecular formula is C20H20ClF3N2O3. The van der Waals surface area contributed by atoms with Crippen LogP contribution in [0, 0.1) is 5.92 Å². The molecule has 1 aromatic heterocycles. The van der Waals surface area contributed by atoms with E-state index < -0.39 is 17.8 Å². The van der Waals surface area contributed by atoms with Crippen molar-refractivity contribution in [2.75, 3.05) is 6.54 Å². The molecule has 0 spiro atoms. The first-order valence-electron chi connectivity index (χ1n) is 9.07. The van der Waals surface area contributed by atoms with Gasteiger partial charge in [-0.3, -0.25) is 4.79 Å². The van der Waals surface area contributed by atoms with E-state index in [4.69, 9.17) is 20.9 Å². The van der Waals surface area contributed by atoms with Crippen molar-refractivity contribution in [1.29, 1.82) is 0 Å². The van der Waals surface area contributed by atoms with Crippen molar-refractivity contribution in [1.82, 2.24) is 4.90 Å². The summed E-state index contributed by atoms with van der Waals surface area (Å²) in [5.41, 5.74) is 0.216. The number of carbonyl (C=O) groups excluding carboxylic acids is 1. The highest BCUT2D eigenvalue weighted by Crippen LogP contribution is 2.30. The largest absolute Gasteiger partial charge is 0.443 e. The van der Waals surface area contributed by atoms with E-state index in [0.29, 0.717) is 23.5 Å². The molecule has 29 heavy (non-hydrogen) atoms. The van der Waals surface area contributed by atoms with E-state index in [-0.39, 0.29) is 30.1 Å². The number of alkyl halides is 3. The van der Waals surface area contributed by atoms with Gasteiger partial charge in [0.05, 0.1) is 12.1 Å². The van der Waals surface area contributed by atoms with Crippen molar-refractivity contribution in [3.8, 4) is 0 Å². The Hall–Kier alpha value is -2.48. The van der Waals surface area contributed by atoms with Gasteiger partial charge in [0.1, 0.15) is 5.71 Å². The number of nitrogens with zero attached hydrogens (tertiary/aromatic N) is 2. The maximum absolute atomic E-state index is 13.0. The standard InChI is InChI=1S/C20H20ClF3N2O3/c1-12(2)19(27)26(10-13-4-3-5-14(8-13)20(22,23)24)11-15-9-16(25-29-15)17-6-7-18(21)28-17/h3-8,12,15H,9-11H2,1-2H3. The highest BCUT2D eigenvalue weighted by Gasteiger charge is 2.32. The molecule has 156 valence electrons. The Morgan fingerprint density at radius 3 is 2.69 bits per heavy atom. The molecule has 1 aromatic carbocycles. The van der Waals surface area contributed by atoms with Crippen molar-refractivity contribution in [2.24, 2.45) is 11.1 Å². The average molecular weight is 429 g/mol. The maximum atomic E-state index is 13.0. The molecule has 1 atom stereocenters. The average Bonchev–Trinajstić information content (AvgIpc) is 3.29. The SMILES string of the molecule is CC(C)C(=O)N(Cc1cccc(C(F)(F)F)c1)CC1CC(c2ccc(Cl)o2)=NO1. The second-order valence-corrected chi connectivity index (χ2v) is 7.52. The quantitative estimate of drug-likeness (QED) is 0.641. The molecule has 0 aliphatic carbocycles. The highest BCUT2D eigenvalue weighted by molar-refractivity contribution is 6.29. The van der Waals surface area contributed by atoms with Crippen LogP contribution in [-0.4, -0.2) is 29.2 Å². The van der Waals surface area contributed by atoms with Crippen LogP contribution < -0.4 is 0 Å². The summed E-state index contributed by atoms with van der Waals surface area (Å²) < 4.78 is 44.3. The molecule has 3 rings (SSSR count). The van der Waals surface area contributed by atoms with Gasteiger partial charge in [-0.05, 0) is 41.4 Å². The second kappa shape index (κ2) is 8.49. The third kappa shape index (κ3) is 5.32.